The summed E-state index contributed by atoms with van der Waals surface area (Å²) in [5.74, 6) is -0.191. The van der Waals surface area contributed by atoms with Gasteiger partial charge in [0.2, 0.25) is 5.91 Å². The summed E-state index contributed by atoms with van der Waals surface area (Å²) in [5, 5.41) is 3.15. The van der Waals surface area contributed by atoms with Crippen molar-refractivity contribution in [2.24, 2.45) is 0 Å². The van der Waals surface area contributed by atoms with Gasteiger partial charge in [-0.25, -0.2) is 13.4 Å². The molecule has 2 N–H and O–H groups in total. The van der Waals surface area contributed by atoms with Crippen molar-refractivity contribution in [3.63, 3.8) is 0 Å². The van der Waals surface area contributed by atoms with E-state index in [0.717, 1.165) is 10.6 Å². The standard InChI is InChI=1S/C17H16N4O3S2/c1-11-16(25-17(19-11)20-12(2)22)15-9-8-13(10-18-15)21-26(23,24)14-6-4-3-5-7-14/h3-10,21H,1-2H3,(H,19,20,22). The van der Waals surface area contributed by atoms with Crippen molar-refractivity contribution < 1.29 is 13.2 Å². The minimum atomic E-state index is -3.66. The van der Waals surface area contributed by atoms with Gasteiger partial charge in [0.25, 0.3) is 10.0 Å². The van der Waals surface area contributed by atoms with Crippen molar-refractivity contribution in [2.45, 2.75) is 18.7 Å². The summed E-state index contributed by atoms with van der Waals surface area (Å²) >= 11 is 1.31. The molecule has 0 radical (unpaired) electrons. The Labute approximate surface area is 155 Å². The van der Waals surface area contributed by atoms with Crippen LogP contribution in [-0.4, -0.2) is 24.3 Å². The van der Waals surface area contributed by atoms with Crippen LogP contribution >= 0.6 is 11.3 Å². The number of nitrogens with one attached hydrogen (secondary N) is 2. The molecule has 0 aliphatic heterocycles. The third-order valence-corrected chi connectivity index (χ3v) is 5.87. The van der Waals surface area contributed by atoms with Crippen LogP contribution in [0, 0.1) is 6.92 Å². The third-order valence-electron chi connectivity index (χ3n) is 3.38. The molecule has 1 aromatic carbocycles. The molecule has 0 spiro atoms. The molecule has 9 heteroatoms. The molecule has 0 bridgehead atoms. The summed E-state index contributed by atoms with van der Waals surface area (Å²) in [6, 6.07) is 11.5. The summed E-state index contributed by atoms with van der Waals surface area (Å²) < 4.78 is 27.2. The van der Waals surface area contributed by atoms with E-state index >= 15 is 0 Å². The van der Waals surface area contributed by atoms with Crippen LogP contribution in [0.4, 0.5) is 10.8 Å². The first-order valence-corrected chi connectivity index (χ1v) is 9.94. The Morgan fingerprint density at radius 3 is 2.46 bits per heavy atom. The van der Waals surface area contributed by atoms with Crippen molar-refractivity contribution in [3.8, 4) is 10.6 Å². The van der Waals surface area contributed by atoms with Crippen molar-refractivity contribution in [1.82, 2.24) is 9.97 Å². The van der Waals surface area contributed by atoms with E-state index in [2.05, 4.69) is 20.0 Å². The zero-order chi connectivity index (χ0) is 18.7. The molecule has 2 heterocycles. The smallest absolute Gasteiger partial charge is 0.261 e. The maximum absolute atomic E-state index is 12.3. The number of hydrogen-bond acceptors (Lipinski definition) is 6. The van der Waals surface area contributed by atoms with Gasteiger partial charge in [0, 0.05) is 6.92 Å². The number of hydrogen-bond donors (Lipinski definition) is 2. The van der Waals surface area contributed by atoms with Crippen LogP contribution in [0.15, 0.2) is 53.6 Å². The van der Waals surface area contributed by atoms with Crippen LogP contribution in [0.1, 0.15) is 12.6 Å². The van der Waals surface area contributed by atoms with E-state index in [1.54, 1.807) is 30.3 Å². The monoisotopic (exact) mass is 388 g/mol. The number of anilines is 2. The predicted molar refractivity (Wildman–Crippen MR) is 102 cm³/mol. The molecule has 0 saturated heterocycles. The summed E-state index contributed by atoms with van der Waals surface area (Å²) in [4.78, 5) is 20.7. The average Bonchev–Trinajstić information content (AvgIpc) is 2.95. The van der Waals surface area contributed by atoms with E-state index < -0.39 is 10.0 Å². The number of carbonyl (C=O) groups excluding carboxylic acids is 1. The molecule has 3 rings (SSSR count). The number of aromatic nitrogens is 2. The van der Waals surface area contributed by atoms with Crippen molar-refractivity contribution in [3.05, 3.63) is 54.4 Å². The third kappa shape index (κ3) is 4.06. The molecule has 26 heavy (non-hydrogen) atoms. The maximum Gasteiger partial charge on any atom is 0.261 e. The van der Waals surface area contributed by atoms with Crippen LogP contribution in [-0.2, 0) is 14.8 Å². The first-order chi connectivity index (χ1) is 12.3. The minimum Gasteiger partial charge on any atom is -0.302 e. The van der Waals surface area contributed by atoms with Gasteiger partial charge in [-0.2, -0.15) is 0 Å². The lowest BCUT2D eigenvalue weighted by molar-refractivity contribution is -0.114. The molecule has 3 aromatic rings. The SMILES string of the molecule is CC(=O)Nc1nc(C)c(-c2ccc(NS(=O)(=O)c3ccccc3)cn2)s1. The van der Waals surface area contributed by atoms with Gasteiger partial charge in [0.15, 0.2) is 5.13 Å². The van der Waals surface area contributed by atoms with E-state index in [9.17, 15) is 13.2 Å². The number of aryl methyl sites for hydroxylation is 1. The lowest BCUT2D eigenvalue weighted by Gasteiger charge is -2.08. The Kier molecular flexibility index (Phi) is 5.01. The van der Waals surface area contributed by atoms with Crippen molar-refractivity contribution in [1.29, 1.82) is 0 Å². The Bertz CT molecular complexity index is 1030. The summed E-state index contributed by atoms with van der Waals surface area (Å²) in [7, 11) is -3.66. The second-order valence-corrected chi connectivity index (χ2v) is 8.15. The van der Waals surface area contributed by atoms with Gasteiger partial charge in [-0.05, 0) is 31.2 Å². The number of nitrogens with zero attached hydrogens (tertiary/aromatic N) is 2. The lowest BCUT2D eigenvalue weighted by Crippen LogP contribution is -2.12. The molecule has 7 nitrogen and oxygen atoms in total. The molecule has 0 aliphatic carbocycles. The predicted octanol–water partition coefficient (Wildman–Crippen LogP) is 3.27. The van der Waals surface area contributed by atoms with Crippen LogP contribution < -0.4 is 10.0 Å². The van der Waals surface area contributed by atoms with E-state index in [0.29, 0.717) is 16.5 Å². The molecule has 0 saturated carbocycles. The van der Waals surface area contributed by atoms with E-state index in [1.165, 1.54) is 36.6 Å². The van der Waals surface area contributed by atoms with Gasteiger partial charge in [-0.15, -0.1) is 0 Å². The Morgan fingerprint density at radius 2 is 1.85 bits per heavy atom. The first-order valence-electron chi connectivity index (χ1n) is 7.64. The zero-order valence-corrected chi connectivity index (χ0v) is 15.7. The Balaban J connectivity index is 1.81. The van der Waals surface area contributed by atoms with Crippen molar-refractivity contribution in [2.75, 3.05) is 10.0 Å². The van der Waals surface area contributed by atoms with Crippen LogP contribution in [0.3, 0.4) is 0 Å². The van der Waals surface area contributed by atoms with Gasteiger partial charge in [0.1, 0.15) is 0 Å². The zero-order valence-electron chi connectivity index (χ0n) is 14.1. The molecule has 0 aliphatic rings. The topological polar surface area (TPSA) is 101 Å². The normalized spacial score (nSPS) is 11.2. The van der Waals surface area contributed by atoms with Crippen LogP contribution in [0.5, 0.6) is 0 Å². The second kappa shape index (κ2) is 7.22. The largest absolute Gasteiger partial charge is 0.302 e. The molecule has 0 fully saturated rings. The Hall–Kier alpha value is -2.78. The molecular formula is C17H16N4O3S2. The van der Waals surface area contributed by atoms with Gasteiger partial charge in [-0.3, -0.25) is 14.5 Å². The number of rotatable bonds is 5. The number of carbonyl (C=O) groups is 1. The number of benzene rings is 1. The lowest BCUT2D eigenvalue weighted by atomic mass is 10.2. The van der Waals surface area contributed by atoms with Gasteiger partial charge in [0.05, 0.1) is 33.0 Å². The second-order valence-electron chi connectivity index (χ2n) is 5.47. The van der Waals surface area contributed by atoms with Gasteiger partial charge < -0.3 is 5.32 Å². The van der Waals surface area contributed by atoms with E-state index in [-0.39, 0.29) is 10.8 Å². The number of amides is 1. The van der Waals surface area contributed by atoms with Crippen molar-refractivity contribution >= 4 is 38.1 Å². The fourth-order valence-electron chi connectivity index (χ4n) is 2.24. The number of sulfonamides is 1. The number of thiazole rings is 1. The fraction of sp³-hybridized carbons (Fsp3) is 0.118. The molecule has 0 atom stereocenters. The summed E-state index contributed by atoms with van der Waals surface area (Å²) in [6.45, 7) is 3.24. The van der Waals surface area contributed by atoms with Crippen LogP contribution in [0.25, 0.3) is 10.6 Å². The minimum absolute atomic E-state index is 0.183. The molecule has 1 amide bonds. The highest BCUT2D eigenvalue weighted by Gasteiger charge is 2.15. The Morgan fingerprint density at radius 1 is 1.12 bits per heavy atom. The van der Waals surface area contributed by atoms with Crippen LogP contribution in [0.2, 0.25) is 0 Å². The van der Waals surface area contributed by atoms with Gasteiger partial charge >= 0.3 is 0 Å². The van der Waals surface area contributed by atoms with E-state index in [4.69, 9.17) is 0 Å². The molecule has 0 unspecified atom stereocenters. The average molecular weight is 388 g/mol. The summed E-state index contributed by atoms with van der Waals surface area (Å²) in [6.07, 6.45) is 1.45. The highest BCUT2D eigenvalue weighted by molar-refractivity contribution is 7.92. The highest BCUT2D eigenvalue weighted by atomic mass is 32.2. The maximum atomic E-state index is 12.3. The molecule has 2 aromatic heterocycles. The fourth-order valence-corrected chi connectivity index (χ4v) is 4.29. The van der Waals surface area contributed by atoms with E-state index in [1.807, 2.05) is 6.92 Å². The highest BCUT2D eigenvalue weighted by Crippen LogP contribution is 2.32. The quantitative estimate of drug-likeness (QED) is 0.698. The number of pyridine rings is 1. The van der Waals surface area contributed by atoms with Gasteiger partial charge in [-0.1, -0.05) is 29.5 Å². The first kappa shape index (κ1) is 18.0. The summed E-state index contributed by atoms with van der Waals surface area (Å²) in [5.41, 5.74) is 1.75. The molecule has 134 valence electrons. The molecular weight excluding hydrogens is 372 g/mol.